The predicted octanol–water partition coefficient (Wildman–Crippen LogP) is 6.70. The van der Waals surface area contributed by atoms with Crippen LogP contribution in [-0.4, -0.2) is 31.3 Å². The Bertz CT molecular complexity index is 412. The lowest BCUT2D eigenvalue weighted by molar-refractivity contribution is -0.146. The number of carbonyl (C=O) groups excluding carboxylic acids is 2. The van der Waals surface area contributed by atoms with Crippen LogP contribution in [0.5, 0.6) is 0 Å². The molecule has 0 heterocycles. The number of esters is 1. The van der Waals surface area contributed by atoms with Gasteiger partial charge in [-0.1, -0.05) is 110 Å². The molecule has 0 saturated heterocycles. The van der Waals surface area contributed by atoms with Crippen molar-refractivity contribution in [1.29, 1.82) is 0 Å². The van der Waals surface area contributed by atoms with Crippen molar-refractivity contribution < 1.29 is 19.1 Å². The van der Waals surface area contributed by atoms with Gasteiger partial charge in [-0.2, -0.15) is 0 Å². The summed E-state index contributed by atoms with van der Waals surface area (Å²) in [7, 11) is 0. The lowest BCUT2D eigenvalue weighted by Gasteiger charge is -2.17. The van der Waals surface area contributed by atoms with E-state index in [-0.39, 0.29) is 12.6 Å². The van der Waals surface area contributed by atoms with Gasteiger partial charge in [0, 0.05) is 0 Å². The monoisotopic (exact) mass is 411 g/mol. The molecule has 0 aromatic rings. The number of unbranched alkanes of at least 4 members (excludes halogenated alkanes) is 12. The smallest absolute Gasteiger partial charge is 0.408 e. The maximum atomic E-state index is 12.4. The van der Waals surface area contributed by atoms with E-state index in [0.717, 1.165) is 38.5 Å². The van der Waals surface area contributed by atoms with Gasteiger partial charge in [0.1, 0.15) is 12.6 Å². The first-order chi connectivity index (χ1) is 14.2. The summed E-state index contributed by atoms with van der Waals surface area (Å²) in [5.41, 5.74) is 0. The van der Waals surface area contributed by atoms with Crippen molar-refractivity contribution >= 4 is 12.1 Å². The Morgan fingerprint density at radius 1 is 0.793 bits per heavy atom. The number of amides is 1. The first kappa shape index (κ1) is 27.5. The highest BCUT2D eigenvalue weighted by Crippen LogP contribution is 2.11. The van der Waals surface area contributed by atoms with Gasteiger partial charge in [0.05, 0.1) is 6.61 Å². The SMILES string of the molecule is C=CCOC(=O)NC(CCCCCC)C(=O)OCCCCCCCCCCCC. The second kappa shape index (κ2) is 21.2. The maximum Gasteiger partial charge on any atom is 0.408 e. The number of hydrogen-bond acceptors (Lipinski definition) is 4. The number of nitrogens with one attached hydrogen (secondary N) is 1. The number of ether oxygens (including phenoxy) is 2. The van der Waals surface area contributed by atoms with Crippen molar-refractivity contribution in [3.63, 3.8) is 0 Å². The van der Waals surface area contributed by atoms with Crippen molar-refractivity contribution in [2.75, 3.05) is 13.2 Å². The van der Waals surface area contributed by atoms with Crippen molar-refractivity contribution in [2.45, 2.75) is 116 Å². The molecule has 0 fully saturated rings. The average molecular weight is 412 g/mol. The summed E-state index contributed by atoms with van der Waals surface area (Å²) < 4.78 is 10.3. The van der Waals surface area contributed by atoms with E-state index in [1.54, 1.807) is 0 Å². The normalized spacial score (nSPS) is 11.7. The van der Waals surface area contributed by atoms with Gasteiger partial charge < -0.3 is 14.8 Å². The highest BCUT2D eigenvalue weighted by atomic mass is 16.6. The fraction of sp³-hybridized carbons (Fsp3) is 0.833. The number of hydrogen-bond donors (Lipinski definition) is 1. The molecule has 29 heavy (non-hydrogen) atoms. The zero-order valence-corrected chi connectivity index (χ0v) is 19.0. The summed E-state index contributed by atoms with van der Waals surface area (Å²) in [5.74, 6) is -0.354. The fourth-order valence-corrected chi connectivity index (χ4v) is 3.21. The molecule has 0 radical (unpaired) electrons. The number of carbonyl (C=O) groups is 2. The van der Waals surface area contributed by atoms with Crippen LogP contribution in [0.15, 0.2) is 12.7 Å². The summed E-state index contributed by atoms with van der Waals surface area (Å²) in [6.45, 7) is 8.45. The Balaban J connectivity index is 3.95. The highest BCUT2D eigenvalue weighted by molar-refractivity contribution is 5.81. The standard InChI is InChI=1S/C24H45NO4/c1-4-7-9-11-12-13-14-15-16-18-21-28-23(26)22(19-17-10-8-5-2)25-24(27)29-20-6-3/h6,22H,3-5,7-21H2,1-2H3,(H,25,27). The molecular formula is C24H45NO4. The van der Waals surface area contributed by atoms with E-state index in [4.69, 9.17) is 9.47 Å². The first-order valence-electron chi connectivity index (χ1n) is 11.9. The molecule has 0 bridgehead atoms. The van der Waals surface area contributed by atoms with Gasteiger partial charge in [0.2, 0.25) is 0 Å². The van der Waals surface area contributed by atoms with E-state index in [0.29, 0.717) is 13.0 Å². The van der Waals surface area contributed by atoms with Gasteiger partial charge in [-0.25, -0.2) is 9.59 Å². The van der Waals surface area contributed by atoms with Crippen LogP contribution in [-0.2, 0) is 14.3 Å². The van der Waals surface area contributed by atoms with Gasteiger partial charge in [-0.15, -0.1) is 0 Å². The number of rotatable bonds is 20. The molecule has 0 spiro atoms. The van der Waals surface area contributed by atoms with Crippen LogP contribution < -0.4 is 5.32 Å². The minimum atomic E-state index is -0.632. The minimum Gasteiger partial charge on any atom is -0.464 e. The van der Waals surface area contributed by atoms with E-state index in [1.807, 2.05) is 0 Å². The van der Waals surface area contributed by atoms with E-state index in [9.17, 15) is 9.59 Å². The molecule has 1 atom stereocenters. The van der Waals surface area contributed by atoms with E-state index in [2.05, 4.69) is 25.7 Å². The first-order valence-corrected chi connectivity index (χ1v) is 11.9. The second-order valence-electron chi connectivity index (χ2n) is 7.78. The molecule has 170 valence electrons. The Labute approximate surface area is 179 Å². The third-order valence-electron chi connectivity index (χ3n) is 5.00. The average Bonchev–Trinajstić information content (AvgIpc) is 2.72. The molecule has 5 nitrogen and oxygen atoms in total. The lowest BCUT2D eigenvalue weighted by Crippen LogP contribution is -2.42. The third-order valence-corrected chi connectivity index (χ3v) is 5.00. The van der Waals surface area contributed by atoms with Gasteiger partial charge in [-0.3, -0.25) is 0 Å². The largest absolute Gasteiger partial charge is 0.464 e. The molecule has 1 unspecified atom stereocenters. The second-order valence-corrected chi connectivity index (χ2v) is 7.78. The maximum absolute atomic E-state index is 12.4. The van der Waals surface area contributed by atoms with Gasteiger partial charge in [0.25, 0.3) is 0 Å². The zero-order chi connectivity index (χ0) is 21.6. The van der Waals surface area contributed by atoms with Crippen molar-refractivity contribution in [1.82, 2.24) is 5.32 Å². The van der Waals surface area contributed by atoms with E-state index in [1.165, 1.54) is 57.4 Å². The molecule has 5 heteroatoms. The van der Waals surface area contributed by atoms with Crippen molar-refractivity contribution in [3.05, 3.63) is 12.7 Å². The Hall–Kier alpha value is -1.52. The van der Waals surface area contributed by atoms with Crippen LogP contribution in [0.4, 0.5) is 4.79 Å². The van der Waals surface area contributed by atoms with Crippen LogP contribution in [0.2, 0.25) is 0 Å². The van der Waals surface area contributed by atoms with Crippen LogP contribution in [0.1, 0.15) is 110 Å². The summed E-state index contributed by atoms with van der Waals surface area (Å²) in [6, 6.07) is -0.632. The van der Waals surface area contributed by atoms with Gasteiger partial charge in [-0.05, 0) is 12.8 Å². The molecule has 0 rings (SSSR count). The summed E-state index contributed by atoms with van der Waals surface area (Å²) in [4.78, 5) is 24.1. The topological polar surface area (TPSA) is 64.6 Å². The number of alkyl carbamates (subject to hydrolysis) is 1. The van der Waals surface area contributed by atoms with E-state index >= 15 is 0 Å². The van der Waals surface area contributed by atoms with Crippen LogP contribution in [0.3, 0.4) is 0 Å². The predicted molar refractivity (Wildman–Crippen MR) is 120 cm³/mol. The minimum absolute atomic E-state index is 0.127. The lowest BCUT2D eigenvalue weighted by atomic mass is 10.1. The Morgan fingerprint density at radius 3 is 1.86 bits per heavy atom. The molecular weight excluding hydrogens is 366 g/mol. The van der Waals surface area contributed by atoms with Gasteiger partial charge >= 0.3 is 12.1 Å². The zero-order valence-electron chi connectivity index (χ0n) is 19.0. The third kappa shape index (κ3) is 18.3. The molecule has 0 aliphatic heterocycles. The Kier molecular flexibility index (Phi) is 20.1. The van der Waals surface area contributed by atoms with Crippen LogP contribution in [0.25, 0.3) is 0 Å². The molecule has 1 N–H and O–H groups in total. The molecule has 1 amide bonds. The summed E-state index contributed by atoms with van der Waals surface area (Å²) >= 11 is 0. The quantitative estimate of drug-likeness (QED) is 0.137. The molecule has 0 aliphatic carbocycles. The van der Waals surface area contributed by atoms with Crippen molar-refractivity contribution in [2.24, 2.45) is 0 Å². The van der Waals surface area contributed by atoms with Crippen LogP contribution >= 0.6 is 0 Å². The fourth-order valence-electron chi connectivity index (χ4n) is 3.21. The van der Waals surface area contributed by atoms with Gasteiger partial charge in [0.15, 0.2) is 0 Å². The Morgan fingerprint density at radius 2 is 1.31 bits per heavy atom. The summed E-state index contributed by atoms with van der Waals surface area (Å²) in [6.07, 6.45) is 18.1. The van der Waals surface area contributed by atoms with Crippen LogP contribution in [0, 0.1) is 0 Å². The van der Waals surface area contributed by atoms with E-state index < -0.39 is 12.1 Å². The molecule has 0 saturated carbocycles. The highest BCUT2D eigenvalue weighted by Gasteiger charge is 2.22. The molecule has 0 aromatic carbocycles. The van der Waals surface area contributed by atoms with Crippen molar-refractivity contribution in [3.8, 4) is 0 Å². The summed E-state index contributed by atoms with van der Waals surface area (Å²) in [5, 5.41) is 2.63. The molecule has 0 aliphatic rings. The molecule has 0 aromatic heterocycles.